The number of aromatic nitrogens is 1. The Kier molecular flexibility index (Phi) is 2.77. The van der Waals surface area contributed by atoms with E-state index >= 15 is 0 Å². The highest BCUT2D eigenvalue weighted by molar-refractivity contribution is 5.92. The quantitative estimate of drug-likeness (QED) is 0.717. The van der Waals surface area contributed by atoms with Crippen LogP contribution in [0.5, 0.6) is 0 Å². The predicted molar refractivity (Wildman–Crippen MR) is 58.8 cm³/mol. The van der Waals surface area contributed by atoms with Gasteiger partial charge in [-0.2, -0.15) is 0 Å². The van der Waals surface area contributed by atoms with Gasteiger partial charge in [-0.3, -0.25) is 4.79 Å². The van der Waals surface area contributed by atoms with Gasteiger partial charge in [-0.1, -0.05) is 0 Å². The van der Waals surface area contributed by atoms with Gasteiger partial charge < -0.3 is 15.2 Å². The van der Waals surface area contributed by atoms with Gasteiger partial charge in [0.15, 0.2) is 0 Å². The van der Waals surface area contributed by atoms with Gasteiger partial charge in [0.05, 0.1) is 0 Å². The first-order valence-electron chi connectivity index (χ1n) is 5.35. The van der Waals surface area contributed by atoms with Gasteiger partial charge in [-0.25, -0.2) is 0 Å². The monoisotopic (exact) mass is 207 g/mol. The fourth-order valence-electron chi connectivity index (χ4n) is 2.13. The lowest BCUT2D eigenvalue weighted by Crippen LogP contribution is -2.55. The van der Waals surface area contributed by atoms with E-state index in [2.05, 4.69) is 24.1 Å². The van der Waals surface area contributed by atoms with Crippen LogP contribution in [-0.2, 0) is 0 Å². The molecular formula is C11H17N3O. The van der Waals surface area contributed by atoms with E-state index in [1.54, 1.807) is 6.20 Å². The van der Waals surface area contributed by atoms with Crippen LogP contribution in [0.3, 0.4) is 0 Å². The Morgan fingerprint density at radius 1 is 1.40 bits per heavy atom. The van der Waals surface area contributed by atoms with Crippen molar-refractivity contribution in [2.75, 3.05) is 13.1 Å². The van der Waals surface area contributed by atoms with E-state index in [0.29, 0.717) is 17.8 Å². The summed E-state index contributed by atoms with van der Waals surface area (Å²) in [7, 11) is 0. The Morgan fingerprint density at radius 2 is 2.07 bits per heavy atom. The summed E-state index contributed by atoms with van der Waals surface area (Å²) in [5, 5.41) is 3.41. The van der Waals surface area contributed by atoms with E-state index in [9.17, 15) is 4.79 Å². The molecule has 15 heavy (non-hydrogen) atoms. The lowest BCUT2D eigenvalue weighted by molar-refractivity contribution is 0.0668. The standard InChI is InChI=1S/C11H17N3O/c1-8-6-14(7-9(2)13-8)11(15)10-4-3-5-12-10/h3-5,8-9,12-13H,6-7H2,1-2H3. The minimum absolute atomic E-state index is 0.0974. The zero-order chi connectivity index (χ0) is 10.8. The Hall–Kier alpha value is -1.29. The number of carbonyl (C=O) groups excluding carboxylic acids is 1. The molecule has 1 aromatic heterocycles. The minimum atomic E-state index is 0.0974. The molecule has 0 aromatic carbocycles. The summed E-state index contributed by atoms with van der Waals surface area (Å²) in [6, 6.07) is 4.41. The second kappa shape index (κ2) is 4.06. The first-order valence-corrected chi connectivity index (χ1v) is 5.35. The van der Waals surface area contributed by atoms with Crippen molar-refractivity contribution in [3.63, 3.8) is 0 Å². The highest BCUT2D eigenvalue weighted by Crippen LogP contribution is 2.08. The van der Waals surface area contributed by atoms with Crippen LogP contribution in [-0.4, -0.2) is 41.0 Å². The number of nitrogens with one attached hydrogen (secondary N) is 2. The van der Waals surface area contributed by atoms with Crippen molar-refractivity contribution in [2.45, 2.75) is 25.9 Å². The van der Waals surface area contributed by atoms with Crippen molar-refractivity contribution < 1.29 is 4.79 Å². The Labute approximate surface area is 89.7 Å². The SMILES string of the molecule is CC1CN(C(=O)c2ccc[nH]2)CC(C)N1. The summed E-state index contributed by atoms with van der Waals surface area (Å²) in [5.41, 5.74) is 0.677. The molecular weight excluding hydrogens is 190 g/mol. The largest absolute Gasteiger partial charge is 0.357 e. The highest BCUT2D eigenvalue weighted by Gasteiger charge is 2.25. The molecule has 0 spiro atoms. The average Bonchev–Trinajstić information content (AvgIpc) is 2.67. The van der Waals surface area contributed by atoms with E-state index in [0.717, 1.165) is 13.1 Å². The molecule has 1 fully saturated rings. The van der Waals surface area contributed by atoms with Crippen LogP contribution < -0.4 is 5.32 Å². The maximum absolute atomic E-state index is 12.0. The van der Waals surface area contributed by atoms with Crippen molar-refractivity contribution in [3.05, 3.63) is 24.0 Å². The zero-order valence-corrected chi connectivity index (χ0v) is 9.16. The van der Waals surface area contributed by atoms with Crippen LogP contribution >= 0.6 is 0 Å². The number of hydrogen-bond donors (Lipinski definition) is 2. The van der Waals surface area contributed by atoms with Crippen molar-refractivity contribution in [3.8, 4) is 0 Å². The Bertz CT molecular complexity index is 324. The molecule has 0 aliphatic carbocycles. The molecule has 1 saturated heterocycles. The molecule has 0 bridgehead atoms. The van der Waals surface area contributed by atoms with Gasteiger partial charge in [-0.05, 0) is 26.0 Å². The Morgan fingerprint density at radius 3 is 2.60 bits per heavy atom. The molecule has 1 aliphatic rings. The summed E-state index contributed by atoms with van der Waals surface area (Å²) in [5.74, 6) is 0.0974. The van der Waals surface area contributed by atoms with Crippen molar-refractivity contribution in [1.29, 1.82) is 0 Å². The van der Waals surface area contributed by atoms with Gasteiger partial charge in [-0.15, -0.1) is 0 Å². The zero-order valence-electron chi connectivity index (χ0n) is 9.16. The molecule has 2 atom stereocenters. The van der Waals surface area contributed by atoms with Gasteiger partial charge in [0.1, 0.15) is 5.69 Å². The van der Waals surface area contributed by atoms with Crippen molar-refractivity contribution in [1.82, 2.24) is 15.2 Å². The fraction of sp³-hybridized carbons (Fsp3) is 0.545. The van der Waals surface area contributed by atoms with E-state index < -0.39 is 0 Å². The lowest BCUT2D eigenvalue weighted by atomic mass is 10.1. The second-order valence-corrected chi connectivity index (χ2v) is 4.26. The summed E-state index contributed by atoms with van der Waals surface area (Å²) in [6.45, 7) is 5.76. The number of hydrogen-bond acceptors (Lipinski definition) is 2. The number of carbonyl (C=O) groups is 1. The first kappa shape index (κ1) is 10.2. The third-order valence-electron chi connectivity index (χ3n) is 2.67. The first-order chi connectivity index (χ1) is 7.16. The molecule has 4 nitrogen and oxygen atoms in total. The van der Waals surface area contributed by atoms with E-state index in [4.69, 9.17) is 0 Å². The fourth-order valence-corrected chi connectivity index (χ4v) is 2.13. The summed E-state index contributed by atoms with van der Waals surface area (Å²) < 4.78 is 0. The maximum atomic E-state index is 12.0. The van der Waals surface area contributed by atoms with Gasteiger partial charge in [0.25, 0.3) is 5.91 Å². The predicted octanol–water partition coefficient (Wildman–Crippen LogP) is 0.837. The third-order valence-corrected chi connectivity index (χ3v) is 2.67. The second-order valence-electron chi connectivity index (χ2n) is 4.26. The van der Waals surface area contributed by atoms with E-state index in [1.165, 1.54) is 0 Å². The maximum Gasteiger partial charge on any atom is 0.270 e. The van der Waals surface area contributed by atoms with Gasteiger partial charge in [0.2, 0.25) is 0 Å². The molecule has 1 aliphatic heterocycles. The van der Waals surface area contributed by atoms with Crippen LogP contribution in [0.2, 0.25) is 0 Å². The van der Waals surface area contributed by atoms with Gasteiger partial charge in [0, 0.05) is 31.4 Å². The normalized spacial score (nSPS) is 26.7. The average molecular weight is 207 g/mol. The number of amides is 1. The van der Waals surface area contributed by atoms with Crippen LogP contribution in [0, 0.1) is 0 Å². The molecule has 2 rings (SSSR count). The molecule has 2 unspecified atom stereocenters. The van der Waals surface area contributed by atoms with Crippen LogP contribution in [0.4, 0.5) is 0 Å². The number of aromatic amines is 1. The van der Waals surface area contributed by atoms with Crippen molar-refractivity contribution in [2.24, 2.45) is 0 Å². The summed E-state index contributed by atoms with van der Waals surface area (Å²) in [6.07, 6.45) is 1.78. The number of nitrogens with zero attached hydrogens (tertiary/aromatic N) is 1. The minimum Gasteiger partial charge on any atom is -0.357 e. The van der Waals surface area contributed by atoms with Crippen LogP contribution in [0.15, 0.2) is 18.3 Å². The van der Waals surface area contributed by atoms with Crippen LogP contribution in [0.1, 0.15) is 24.3 Å². The van der Waals surface area contributed by atoms with Crippen LogP contribution in [0.25, 0.3) is 0 Å². The van der Waals surface area contributed by atoms with Gasteiger partial charge >= 0.3 is 0 Å². The number of rotatable bonds is 1. The van der Waals surface area contributed by atoms with E-state index in [-0.39, 0.29) is 5.91 Å². The topological polar surface area (TPSA) is 48.1 Å². The highest BCUT2D eigenvalue weighted by atomic mass is 16.2. The smallest absolute Gasteiger partial charge is 0.270 e. The molecule has 0 saturated carbocycles. The molecule has 4 heteroatoms. The number of H-pyrrole nitrogens is 1. The van der Waals surface area contributed by atoms with Crippen molar-refractivity contribution >= 4 is 5.91 Å². The molecule has 1 aromatic rings. The lowest BCUT2D eigenvalue weighted by Gasteiger charge is -2.35. The third kappa shape index (κ3) is 2.21. The molecule has 2 heterocycles. The summed E-state index contributed by atoms with van der Waals surface area (Å²) in [4.78, 5) is 16.9. The van der Waals surface area contributed by atoms with E-state index in [1.807, 2.05) is 17.0 Å². The summed E-state index contributed by atoms with van der Waals surface area (Å²) >= 11 is 0. The Balaban J connectivity index is 2.07. The molecule has 82 valence electrons. The number of piperazine rings is 1. The molecule has 2 N–H and O–H groups in total. The molecule has 0 radical (unpaired) electrons. The molecule has 1 amide bonds.